The summed E-state index contributed by atoms with van der Waals surface area (Å²) in [4.78, 5) is 38.8. The second-order valence-electron chi connectivity index (χ2n) is 8.92. The van der Waals surface area contributed by atoms with Gasteiger partial charge in [0.1, 0.15) is 5.75 Å². The minimum absolute atomic E-state index is 0.0767. The highest BCUT2D eigenvalue weighted by molar-refractivity contribution is 6.00. The molecule has 0 bridgehead atoms. The maximum Gasteiger partial charge on any atom is 0.262 e. The summed E-state index contributed by atoms with van der Waals surface area (Å²) in [7, 11) is 0. The largest absolute Gasteiger partial charge is 0.484 e. The van der Waals surface area contributed by atoms with Crippen molar-refractivity contribution in [3.05, 3.63) is 53.6 Å². The summed E-state index contributed by atoms with van der Waals surface area (Å²) in [6, 6.07) is 12.7. The molecule has 4 rings (SSSR count). The van der Waals surface area contributed by atoms with Gasteiger partial charge in [-0.15, -0.1) is 0 Å². The number of benzene rings is 2. The molecule has 2 aliphatic rings. The molecule has 2 atom stereocenters. The van der Waals surface area contributed by atoms with Crippen LogP contribution in [0.2, 0.25) is 0 Å². The van der Waals surface area contributed by atoms with Crippen molar-refractivity contribution in [2.24, 2.45) is 5.92 Å². The Balaban J connectivity index is 1.25. The van der Waals surface area contributed by atoms with E-state index in [0.717, 1.165) is 36.3 Å². The van der Waals surface area contributed by atoms with Crippen molar-refractivity contribution in [2.45, 2.75) is 39.2 Å². The predicted octanol–water partition coefficient (Wildman–Crippen LogP) is 2.97. The van der Waals surface area contributed by atoms with Crippen LogP contribution in [0.1, 0.15) is 30.4 Å². The minimum Gasteiger partial charge on any atom is -0.484 e. The van der Waals surface area contributed by atoms with Crippen LogP contribution in [0.3, 0.4) is 0 Å². The quantitative estimate of drug-likeness (QED) is 0.625. The summed E-state index contributed by atoms with van der Waals surface area (Å²) in [5, 5.41) is 5.74. The molecule has 2 N–H and O–H groups in total. The van der Waals surface area contributed by atoms with Crippen molar-refractivity contribution < 1.29 is 23.9 Å². The molecule has 2 aliphatic heterocycles. The van der Waals surface area contributed by atoms with Crippen molar-refractivity contribution in [1.82, 2.24) is 5.32 Å². The molecule has 8 nitrogen and oxygen atoms in total. The Hall–Kier alpha value is -3.39. The molecule has 0 aromatic heterocycles. The van der Waals surface area contributed by atoms with E-state index in [4.69, 9.17) is 9.47 Å². The van der Waals surface area contributed by atoms with Gasteiger partial charge in [-0.2, -0.15) is 0 Å². The van der Waals surface area contributed by atoms with E-state index in [2.05, 4.69) is 10.6 Å². The fourth-order valence-electron chi connectivity index (χ4n) is 4.18. The lowest BCUT2D eigenvalue weighted by atomic mass is 10.1. The molecule has 2 fully saturated rings. The Labute approximate surface area is 199 Å². The Morgan fingerprint density at radius 1 is 1.12 bits per heavy atom. The van der Waals surface area contributed by atoms with Gasteiger partial charge in [-0.25, -0.2) is 0 Å². The standard InChI is InChI=1S/C26H31N3O5/c1-17-5-6-20(12-18(17)2)28-24(30)16-34-22-9-7-21(8-10-22)29-15-19(13-25(29)31)26(32)27-14-23-4-3-11-33-23/h5-10,12,19,23H,3-4,11,13-16H2,1-2H3,(H,27,32)(H,28,30)/t19-,23-/m1/s1. The molecular weight excluding hydrogens is 434 g/mol. The summed E-state index contributed by atoms with van der Waals surface area (Å²) in [6.45, 7) is 5.47. The number of carbonyl (C=O) groups excluding carboxylic acids is 3. The van der Waals surface area contributed by atoms with Gasteiger partial charge in [0, 0.05) is 37.5 Å². The third kappa shape index (κ3) is 5.94. The third-order valence-electron chi connectivity index (χ3n) is 6.33. The molecule has 180 valence electrons. The van der Waals surface area contributed by atoms with E-state index < -0.39 is 0 Å². The van der Waals surface area contributed by atoms with Gasteiger partial charge >= 0.3 is 0 Å². The Kier molecular flexibility index (Phi) is 7.47. The monoisotopic (exact) mass is 465 g/mol. The number of aryl methyl sites for hydroxylation is 2. The van der Waals surface area contributed by atoms with Crippen molar-refractivity contribution in [3.8, 4) is 5.75 Å². The number of nitrogens with one attached hydrogen (secondary N) is 2. The lowest BCUT2D eigenvalue weighted by Crippen LogP contribution is -2.37. The van der Waals surface area contributed by atoms with Crippen LogP contribution < -0.4 is 20.3 Å². The molecule has 0 unspecified atom stereocenters. The molecule has 0 aliphatic carbocycles. The Morgan fingerprint density at radius 3 is 2.62 bits per heavy atom. The summed E-state index contributed by atoms with van der Waals surface area (Å²) < 4.78 is 11.1. The second-order valence-corrected chi connectivity index (χ2v) is 8.92. The van der Waals surface area contributed by atoms with Crippen LogP contribution in [0.5, 0.6) is 5.75 Å². The number of hydrogen-bond acceptors (Lipinski definition) is 5. The average molecular weight is 466 g/mol. The molecule has 2 saturated heterocycles. The highest BCUT2D eigenvalue weighted by Crippen LogP contribution is 2.27. The lowest BCUT2D eigenvalue weighted by Gasteiger charge is -2.18. The van der Waals surface area contributed by atoms with E-state index in [1.165, 1.54) is 0 Å². The fourth-order valence-corrected chi connectivity index (χ4v) is 4.18. The molecule has 0 saturated carbocycles. The maximum atomic E-state index is 12.5. The van der Waals surface area contributed by atoms with E-state index in [-0.39, 0.29) is 42.8 Å². The summed E-state index contributed by atoms with van der Waals surface area (Å²) in [5.74, 6) is -0.297. The molecule has 2 heterocycles. The Morgan fingerprint density at radius 2 is 1.91 bits per heavy atom. The van der Waals surface area contributed by atoms with E-state index in [9.17, 15) is 14.4 Å². The van der Waals surface area contributed by atoms with E-state index >= 15 is 0 Å². The van der Waals surface area contributed by atoms with Crippen LogP contribution in [0, 0.1) is 19.8 Å². The smallest absolute Gasteiger partial charge is 0.262 e. The summed E-state index contributed by atoms with van der Waals surface area (Å²) >= 11 is 0. The van der Waals surface area contributed by atoms with Gasteiger partial charge in [0.15, 0.2) is 6.61 Å². The number of anilines is 2. The van der Waals surface area contributed by atoms with Crippen LogP contribution in [0.4, 0.5) is 11.4 Å². The first-order valence-electron chi connectivity index (χ1n) is 11.7. The van der Waals surface area contributed by atoms with Gasteiger partial charge in [-0.3, -0.25) is 14.4 Å². The van der Waals surface area contributed by atoms with Gasteiger partial charge in [-0.05, 0) is 74.2 Å². The number of carbonyl (C=O) groups is 3. The maximum absolute atomic E-state index is 12.5. The molecule has 34 heavy (non-hydrogen) atoms. The second kappa shape index (κ2) is 10.7. The average Bonchev–Trinajstić information content (AvgIpc) is 3.49. The molecule has 8 heteroatoms. The molecule has 0 spiro atoms. The van der Waals surface area contributed by atoms with Crippen LogP contribution in [0.25, 0.3) is 0 Å². The fraction of sp³-hybridized carbons (Fsp3) is 0.423. The van der Waals surface area contributed by atoms with E-state index in [1.54, 1.807) is 29.2 Å². The summed E-state index contributed by atoms with van der Waals surface area (Å²) in [5.41, 5.74) is 3.70. The van der Waals surface area contributed by atoms with E-state index in [1.807, 2.05) is 32.0 Å². The first-order valence-corrected chi connectivity index (χ1v) is 11.7. The zero-order chi connectivity index (χ0) is 24.1. The van der Waals surface area contributed by atoms with Gasteiger partial charge in [-0.1, -0.05) is 6.07 Å². The van der Waals surface area contributed by atoms with Crippen LogP contribution >= 0.6 is 0 Å². The number of hydrogen-bond donors (Lipinski definition) is 2. The number of rotatable bonds is 8. The molecule has 2 aromatic rings. The molecule has 2 aromatic carbocycles. The number of ether oxygens (including phenoxy) is 2. The SMILES string of the molecule is Cc1ccc(NC(=O)COc2ccc(N3C[C@H](C(=O)NC[C@H]4CCCO4)CC3=O)cc2)cc1C. The van der Waals surface area contributed by atoms with E-state index in [0.29, 0.717) is 24.5 Å². The van der Waals surface area contributed by atoms with Gasteiger partial charge < -0.3 is 25.0 Å². The third-order valence-corrected chi connectivity index (χ3v) is 6.33. The van der Waals surface area contributed by atoms with Crippen LogP contribution in [0.15, 0.2) is 42.5 Å². The van der Waals surface area contributed by atoms with Crippen molar-refractivity contribution in [1.29, 1.82) is 0 Å². The Bertz CT molecular complexity index is 1050. The molecular formula is C26H31N3O5. The normalized spacial score (nSPS) is 19.8. The highest BCUT2D eigenvalue weighted by atomic mass is 16.5. The van der Waals surface area contributed by atoms with Gasteiger partial charge in [0.05, 0.1) is 12.0 Å². The predicted molar refractivity (Wildman–Crippen MR) is 129 cm³/mol. The molecule has 0 radical (unpaired) electrons. The summed E-state index contributed by atoms with van der Waals surface area (Å²) in [6.07, 6.45) is 2.24. The number of amides is 3. The van der Waals surface area contributed by atoms with Crippen LogP contribution in [-0.4, -0.2) is 50.1 Å². The van der Waals surface area contributed by atoms with Gasteiger partial charge in [0.25, 0.3) is 5.91 Å². The molecule has 3 amide bonds. The minimum atomic E-state index is -0.376. The first-order chi connectivity index (χ1) is 16.4. The zero-order valence-corrected chi connectivity index (χ0v) is 19.6. The first kappa shape index (κ1) is 23.8. The highest BCUT2D eigenvalue weighted by Gasteiger charge is 2.35. The van der Waals surface area contributed by atoms with Crippen molar-refractivity contribution in [3.63, 3.8) is 0 Å². The lowest BCUT2D eigenvalue weighted by molar-refractivity contribution is -0.126. The van der Waals surface area contributed by atoms with Crippen molar-refractivity contribution >= 4 is 29.1 Å². The van der Waals surface area contributed by atoms with Crippen molar-refractivity contribution in [2.75, 3.05) is 36.5 Å². The van der Waals surface area contributed by atoms with Gasteiger partial charge in [0.2, 0.25) is 11.8 Å². The van der Waals surface area contributed by atoms with Crippen LogP contribution in [-0.2, 0) is 19.1 Å². The zero-order valence-electron chi connectivity index (χ0n) is 19.6. The topological polar surface area (TPSA) is 97.0 Å². The number of nitrogens with zero attached hydrogens (tertiary/aromatic N) is 1.